The number of amides is 1. The Morgan fingerprint density at radius 1 is 1.57 bits per heavy atom. The third kappa shape index (κ3) is 3.53. The van der Waals surface area contributed by atoms with Gasteiger partial charge in [-0.1, -0.05) is 5.10 Å². The van der Waals surface area contributed by atoms with Crippen LogP contribution < -0.4 is 5.32 Å². The second-order valence-corrected chi connectivity index (χ2v) is 3.03. The van der Waals surface area contributed by atoms with Crippen LogP contribution in [0.5, 0.6) is 0 Å². The molecule has 0 saturated heterocycles. The van der Waals surface area contributed by atoms with Crippen molar-refractivity contribution >= 4 is 11.9 Å². The van der Waals surface area contributed by atoms with Gasteiger partial charge in [0.25, 0.3) is 5.91 Å². The Hall–Kier alpha value is -1.43. The largest absolute Gasteiger partial charge is 0.408 e. The summed E-state index contributed by atoms with van der Waals surface area (Å²) in [6.45, 7) is 5.33. The van der Waals surface area contributed by atoms with Gasteiger partial charge in [-0.2, -0.15) is 0 Å². The van der Waals surface area contributed by atoms with Crippen molar-refractivity contribution in [2.24, 2.45) is 0 Å². The van der Waals surface area contributed by atoms with Gasteiger partial charge in [-0.25, -0.2) is 0 Å². The Morgan fingerprint density at radius 2 is 2.29 bits per heavy atom. The molecule has 0 unspecified atom stereocenters. The normalized spacial score (nSPS) is 10.6. The fourth-order valence-electron chi connectivity index (χ4n) is 0.745. The Bertz CT molecular complexity index is 309. The van der Waals surface area contributed by atoms with Crippen molar-refractivity contribution in [3.63, 3.8) is 0 Å². The van der Waals surface area contributed by atoms with Crippen molar-refractivity contribution in [3.8, 4) is 0 Å². The highest BCUT2D eigenvalue weighted by Gasteiger charge is 2.08. The van der Waals surface area contributed by atoms with E-state index in [0.717, 1.165) is 0 Å². The molecule has 0 radical (unpaired) electrons. The molecule has 1 amide bonds. The van der Waals surface area contributed by atoms with Gasteiger partial charge >= 0.3 is 6.01 Å². The molecule has 1 aromatic heterocycles. The number of hydrogen-bond donors (Lipinski definition) is 1. The van der Waals surface area contributed by atoms with Crippen molar-refractivity contribution < 1.29 is 13.9 Å². The third-order valence-corrected chi connectivity index (χ3v) is 1.32. The lowest BCUT2D eigenvalue weighted by molar-refractivity contribution is -0.122. The molecule has 0 aliphatic rings. The van der Waals surface area contributed by atoms with Crippen molar-refractivity contribution in [1.82, 2.24) is 10.2 Å². The molecule has 78 valence electrons. The smallest absolute Gasteiger partial charge is 0.322 e. The molecule has 0 saturated carbocycles. The number of rotatable bonds is 4. The SMILES string of the molecule is Cc1nnc(NC(=O)COC(C)C)o1. The molecule has 6 heteroatoms. The van der Waals surface area contributed by atoms with E-state index in [-0.39, 0.29) is 24.6 Å². The highest BCUT2D eigenvalue weighted by Crippen LogP contribution is 2.03. The van der Waals surface area contributed by atoms with Gasteiger partial charge in [0, 0.05) is 6.92 Å². The molecule has 0 bridgehead atoms. The van der Waals surface area contributed by atoms with E-state index in [4.69, 9.17) is 9.15 Å². The molecule has 6 nitrogen and oxygen atoms in total. The van der Waals surface area contributed by atoms with E-state index >= 15 is 0 Å². The summed E-state index contributed by atoms with van der Waals surface area (Å²) in [4.78, 5) is 11.2. The maximum atomic E-state index is 11.2. The third-order valence-electron chi connectivity index (χ3n) is 1.32. The highest BCUT2D eigenvalue weighted by molar-refractivity contribution is 5.89. The number of ether oxygens (including phenoxy) is 1. The molecule has 0 aromatic carbocycles. The molecule has 0 aliphatic heterocycles. The van der Waals surface area contributed by atoms with Crippen molar-refractivity contribution in [2.45, 2.75) is 26.9 Å². The van der Waals surface area contributed by atoms with Gasteiger partial charge in [0.15, 0.2) is 0 Å². The second kappa shape index (κ2) is 4.71. The zero-order valence-corrected chi connectivity index (χ0v) is 8.40. The van der Waals surface area contributed by atoms with Gasteiger partial charge in [0.05, 0.1) is 6.10 Å². The van der Waals surface area contributed by atoms with Crippen LogP contribution in [0.15, 0.2) is 4.42 Å². The van der Waals surface area contributed by atoms with Gasteiger partial charge in [0.2, 0.25) is 5.89 Å². The van der Waals surface area contributed by atoms with Gasteiger partial charge in [-0.15, -0.1) is 5.10 Å². The molecule has 0 spiro atoms. The van der Waals surface area contributed by atoms with Crippen molar-refractivity contribution in [3.05, 3.63) is 5.89 Å². The fraction of sp³-hybridized carbons (Fsp3) is 0.625. The summed E-state index contributed by atoms with van der Waals surface area (Å²) < 4.78 is 10.0. The number of aromatic nitrogens is 2. The first kappa shape index (κ1) is 10.6. The molecule has 0 atom stereocenters. The number of carbonyl (C=O) groups excluding carboxylic acids is 1. The average molecular weight is 199 g/mol. The summed E-state index contributed by atoms with van der Waals surface area (Å²) in [5.74, 6) is 0.104. The minimum absolute atomic E-state index is 0.0148. The monoisotopic (exact) mass is 199 g/mol. The highest BCUT2D eigenvalue weighted by atomic mass is 16.5. The maximum absolute atomic E-state index is 11.2. The van der Waals surface area contributed by atoms with E-state index in [1.807, 2.05) is 13.8 Å². The van der Waals surface area contributed by atoms with Crippen LogP contribution in [-0.4, -0.2) is 28.8 Å². The molecule has 0 fully saturated rings. The van der Waals surface area contributed by atoms with E-state index in [9.17, 15) is 4.79 Å². The first-order valence-corrected chi connectivity index (χ1v) is 4.29. The molecule has 1 heterocycles. The van der Waals surface area contributed by atoms with Crippen molar-refractivity contribution in [2.75, 3.05) is 11.9 Å². The Labute approximate surface area is 81.6 Å². The Kier molecular flexibility index (Phi) is 3.58. The molecule has 1 aromatic rings. The first-order chi connectivity index (χ1) is 6.58. The Balaban J connectivity index is 2.34. The van der Waals surface area contributed by atoms with Crippen LogP contribution in [0.4, 0.5) is 6.01 Å². The predicted octanol–water partition coefficient (Wildman–Crippen LogP) is 0.742. The number of carbonyl (C=O) groups is 1. The lowest BCUT2D eigenvalue weighted by atomic mass is 10.5. The molecule has 1 N–H and O–H groups in total. The molecular weight excluding hydrogens is 186 g/mol. The van der Waals surface area contributed by atoms with Crippen molar-refractivity contribution in [1.29, 1.82) is 0 Å². The van der Waals surface area contributed by atoms with Crippen LogP contribution in [0.1, 0.15) is 19.7 Å². The molecule has 14 heavy (non-hydrogen) atoms. The lowest BCUT2D eigenvalue weighted by Crippen LogP contribution is -2.20. The van der Waals surface area contributed by atoms with E-state index in [1.54, 1.807) is 6.92 Å². The fourth-order valence-corrected chi connectivity index (χ4v) is 0.745. The number of aryl methyl sites for hydroxylation is 1. The van der Waals surface area contributed by atoms with Crippen LogP contribution in [0, 0.1) is 6.92 Å². The summed E-state index contributed by atoms with van der Waals surface area (Å²) >= 11 is 0. The van der Waals surface area contributed by atoms with E-state index in [2.05, 4.69) is 15.5 Å². The molecule has 0 aliphatic carbocycles. The van der Waals surface area contributed by atoms with Crippen LogP contribution in [0.3, 0.4) is 0 Å². The zero-order chi connectivity index (χ0) is 10.6. The topological polar surface area (TPSA) is 77.2 Å². The van der Waals surface area contributed by atoms with Crippen LogP contribution in [0.25, 0.3) is 0 Å². The second-order valence-electron chi connectivity index (χ2n) is 3.03. The van der Waals surface area contributed by atoms with Crippen LogP contribution >= 0.6 is 0 Å². The standard InChI is InChI=1S/C8H13N3O3/c1-5(2)13-4-7(12)9-8-11-10-6(3)14-8/h5H,4H2,1-3H3,(H,9,11,12). The van der Waals surface area contributed by atoms with E-state index in [1.165, 1.54) is 0 Å². The Morgan fingerprint density at radius 3 is 2.79 bits per heavy atom. The van der Waals surface area contributed by atoms with Gasteiger partial charge < -0.3 is 9.15 Å². The van der Waals surface area contributed by atoms with Crippen LogP contribution in [0.2, 0.25) is 0 Å². The van der Waals surface area contributed by atoms with Gasteiger partial charge in [-0.3, -0.25) is 10.1 Å². The number of hydrogen-bond acceptors (Lipinski definition) is 5. The number of anilines is 1. The summed E-state index contributed by atoms with van der Waals surface area (Å²) in [6, 6.07) is 0.0971. The van der Waals surface area contributed by atoms with Gasteiger partial charge in [-0.05, 0) is 13.8 Å². The number of nitrogens with one attached hydrogen (secondary N) is 1. The zero-order valence-electron chi connectivity index (χ0n) is 8.40. The average Bonchev–Trinajstić information content (AvgIpc) is 2.48. The molecule has 1 rings (SSSR count). The van der Waals surface area contributed by atoms with E-state index in [0.29, 0.717) is 5.89 Å². The summed E-state index contributed by atoms with van der Waals surface area (Å²) in [6.07, 6.45) is 0.0187. The van der Waals surface area contributed by atoms with E-state index < -0.39 is 0 Å². The molecular formula is C8H13N3O3. The predicted molar refractivity (Wildman–Crippen MR) is 48.8 cm³/mol. The van der Waals surface area contributed by atoms with Crippen LogP contribution in [-0.2, 0) is 9.53 Å². The quantitative estimate of drug-likeness (QED) is 0.773. The number of nitrogens with zero attached hydrogens (tertiary/aromatic N) is 2. The first-order valence-electron chi connectivity index (χ1n) is 4.29. The van der Waals surface area contributed by atoms with Gasteiger partial charge in [0.1, 0.15) is 6.61 Å². The summed E-state index contributed by atoms with van der Waals surface area (Å²) in [5.41, 5.74) is 0. The minimum atomic E-state index is -0.303. The minimum Gasteiger partial charge on any atom is -0.408 e. The summed E-state index contributed by atoms with van der Waals surface area (Å²) in [5, 5.41) is 9.59. The lowest BCUT2D eigenvalue weighted by Gasteiger charge is -2.05. The maximum Gasteiger partial charge on any atom is 0.322 e. The summed E-state index contributed by atoms with van der Waals surface area (Å²) in [7, 11) is 0.